The molecule has 7 heteroatoms. The zero-order valence-corrected chi connectivity index (χ0v) is 7.10. The summed E-state index contributed by atoms with van der Waals surface area (Å²) < 4.78 is 30.6. The number of rotatable bonds is 3. The van der Waals surface area contributed by atoms with E-state index in [2.05, 4.69) is 5.32 Å². The van der Waals surface area contributed by atoms with Crippen molar-refractivity contribution in [3.8, 4) is 0 Å². The molecule has 1 amide bonds. The summed E-state index contributed by atoms with van der Waals surface area (Å²) in [5, 5.41) is 2.55. The van der Waals surface area contributed by atoms with E-state index in [1.54, 1.807) is 0 Å². The van der Waals surface area contributed by atoms with E-state index in [-0.39, 0.29) is 18.5 Å². The number of amides is 1. The maximum Gasteiger partial charge on any atom is 0.333 e. The van der Waals surface area contributed by atoms with Gasteiger partial charge in [-0.3, -0.25) is 9.35 Å². The highest BCUT2D eigenvalue weighted by atomic mass is 32.2. The predicted molar refractivity (Wildman–Crippen MR) is 40.7 cm³/mol. The van der Waals surface area contributed by atoms with Crippen LogP contribution in [0.5, 0.6) is 0 Å². The van der Waals surface area contributed by atoms with E-state index in [1.165, 1.54) is 0 Å². The molecule has 0 aliphatic carbocycles. The summed E-state index contributed by atoms with van der Waals surface area (Å²) in [7, 11) is -4.13. The second-order valence-electron chi connectivity index (χ2n) is 2.63. The normalized spacial score (nSPS) is 24.1. The topological polar surface area (TPSA) is 95.5 Å². The molecular formula is C5H10N2O4S. The Morgan fingerprint density at radius 2 is 2.33 bits per heavy atom. The van der Waals surface area contributed by atoms with Crippen molar-refractivity contribution in [1.29, 1.82) is 0 Å². The standard InChI is InChI=1S/C5H10N2O4S/c8-5-2-1-4(7-5)3-6-12(9,10)11/h4,6H,1-3H2,(H,7,8)(H,9,10,11)/t4-/m0/s1. The molecule has 1 rings (SSSR count). The van der Waals surface area contributed by atoms with Crippen molar-refractivity contribution in [2.75, 3.05) is 6.54 Å². The molecule has 0 aromatic heterocycles. The van der Waals surface area contributed by atoms with Crippen LogP contribution in [-0.4, -0.2) is 31.5 Å². The number of carbonyl (C=O) groups excluding carboxylic acids is 1. The lowest BCUT2D eigenvalue weighted by molar-refractivity contribution is -0.119. The highest BCUT2D eigenvalue weighted by Crippen LogP contribution is 2.04. The fourth-order valence-electron chi connectivity index (χ4n) is 1.04. The van der Waals surface area contributed by atoms with Crippen molar-refractivity contribution in [3.05, 3.63) is 0 Å². The van der Waals surface area contributed by atoms with Crippen molar-refractivity contribution in [2.45, 2.75) is 18.9 Å². The molecule has 0 aromatic carbocycles. The van der Waals surface area contributed by atoms with Crippen molar-refractivity contribution >= 4 is 16.2 Å². The van der Waals surface area contributed by atoms with E-state index < -0.39 is 10.3 Å². The fraction of sp³-hybridized carbons (Fsp3) is 0.800. The monoisotopic (exact) mass is 194 g/mol. The highest BCUT2D eigenvalue weighted by molar-refractivity contribution is 7.83. The average molecular weight is 194 g/mol. The SMILES string of the molecule is O=C1CC[C@@H](CNS(=O)(=O)O)N1. The molecule has 0 saturated carbocycles. The van der Waals surface area contributed by atoms with Crippen LogP contribution in [0.3, 0.4) is 0 Å². The fourth-order valence-corrected chi connectivity index (χ4v) is 1.45. The lowest BCUT2D eigenvalue weighted by Crippen LogP contribution is -2.38. The van der Waals surface area contributed by atoms with Gasteiger partial charge in [0.1, 0.15) is 0 Å². The number of carbonyl (C=O) groups is 1. The van der Waals surface area contributed by atoms with E-state index >= 15 is 0 Å². The first-order valence-corrected chi connectivity index (χ1v) is 4.93. The lowest BCUT2D eigenvalue weighted by Gasteiger charge is -2.08. The minimum absolute atomic E-state index is 0.0462. The Balaban J connectivity index is 2.30. The Labute approximate surface area is 70.2 Å². The maximum absolute atomic E-state index is 10.6. The summed E-state index contributed by atoms with van der Waals surface area (Å²) in [6, 6.07) is -0.195. The zero-order valence-electron chi connectivity index (χ0n) is 6.28. The van der Waals surface area contributed by atoms with Crippen LogP contribution in [0.15, 0.2) is 0 Å². The smallest absolute Gasteiger partial charge is 0.333 e. The molecule has 12 heavy (non-hydrogen) atoms. The third kappa shape index (κ3) is 3.16. The van der Waals surface area contributed by atoms with E-state index in [9.17, 15) is 13.2 Å². The Kier molecular flexibility index (Phi) is 2.65. The third-order valence-corrected chi connectivity index (χ3v) is 2.13. The van der Waals surface area contributed by atoms with Crippen LogP contribution < -0.4 is 10.0 Å². The number of hydrogen-bond acceptors (Lipinski definition) is 3. The predicted octanol–water partition coefficient (Wildman–Crippen LogP) is -1.34. The van der Waals surface area contributed by atoms with Crippen molar-refractivity contribution in [3.63, 3.8) is 0 Å². The maximum atomic E-state index is 10.6. The number of hydrogen-bond donors (Lipinski definition) is 3. The molecule has 0 aromatic rings. The van der Waals surface area contributed by atoms with E-state index in [4.69, 9.17) is 4.55 Å². The first-order valence-electron chi connectivity index (χ1n) is 3.49. The van der Waals surface area contributed by atoms with Gasteiger partial charge in [0.2, 0.25) is 5.91 Å². The summed E-state index contributed by atoms with van der Waals surface area (Å²) in [5.74, 6) is -0.0860. The van der Waals surface area contributed by atoms with Gasteiger partial charge in [-0.05, 0) is 6.42 Å². The summed E-state index contributed by atoms with van der Waals surface area (Å²) in [4.78, 5) is 10.6. The van der Waals surface area contributed by atoms with Crippen molar-refractivity contribution < 1.29 is 17.8 Å². The quantitative estimate of drug-likeness (QED) is 0.484. The largest absolute Gasteiger partial charge is 0.352 e. The van der Waals surface area contributed by atoms with Gasteiger partial charge in [0.25, 0.3) is 0 Å². The highest BCUT2D eigenvalue weighted by Gasteiger charge is 2.21. The Morgan fingerprint density at radius 3 is 2.75 bits per heavy atom. The molecule has 1 fully saturated rings. The second kappa shape index (κ2) is 3.38. The Bertz CT molecular complexity index is 273. The van der Waals surface area contributed by atoms with Crippen LogP contribution in [0.1, 0.15) is 12.8 Å². The van der Waals surface area contributed by atoms with Gasteiger partial charge in [-0.25, -0.2) is 0 Å². The number of nitrogens with one attached hydrogen (secondary N) is 2. The van der Waals surface area contributed by atoms with E-state index in [0.717, 1.165) is 0 Å². The summed E-state index contributed by atoms with van der Waals surface area (Å²) in [6.07, 6.45) is 1.01. The second-order valence-corrected chi connectivity index (χ2v) is 3.87. The Morgan fingerprint density at radius 1 is 1.67 bits per heavy atom. The minimum atomic E-state index is -4.13. The molecule has 1 aliphatic heterocycles. The van der Waals surface area contributed by atoms with E-state index in [0.29, 0.717) is 12.8 Å². The zero-order chi connectivity index (χ0) is 9.19. The molecule has 3 N–H and O–H groups in total. The molecular weight excluding hydrogens is 184 g/mol. The molecule has 6 nitrogen and oxygen atoms in total. The van der Waals surface area contributed by atoms with Gasteiger partial charge in [-0.15, -0.1) is 0 Å². The summed E-state index contributed by atoms with van der Waals surface area (Å²) in [6.45, 7) is 0.0462. The van der Waals surface area contributed by atoms with E-state index in [1.807, 2.05) is 4.72 Å². The van der Waals surface area contributed by atoms with Crippen LogP contribution in [0.25, 0.3) is 0 Å². The van der Waals surface area contributed by atoms with Crippen LogP contribution >= 0.6 is 0 Å². The molecule has 70 valence electrons. The molecule has 0 unspecified atom stereocenters. The van der Waals surface area contributed by atoms with Gasteiger partial charge in [0.05, 0.1) is 0 Å². The average Bonchev–Trinajstić information content (AvgIpc) is 2.30. The molecule has 1 aliphatic rings. The van der Waals surface area contributed by atoms with Gasteiger partial charge in [-0.1, -0.05) is 0 Å². The van der Waals surface area contributed by atoms with Gasteiger partial charge in [-0.2, -0.15) is 13.1 Å². The summed E-state index contributed by atoms with van der Waals surface area (Å²) >= 11 is 0. The van der Waals surface area contributed by atoms with Crippen LogP contribution in [0, 0.1) is 0 Å². The van der Waals surface area contributed by atoms with Gasteiger partial charge in [0, 0.05) is 19.0 Å². The minimum Gasteiger partial charge on any atom is -0.352 e. The lowest BCUT2D eigenvalue weighted by atomic mass is 10.2. The van der Waals surface area contributed by atoms with Crippen molar-refractivity contribution in [1.82, 2.24) is 10.0 Å². The molecule has 1 atom stereocenters. The van der Waals surface area contributed by atoms with Crippen LogP contribution in [-0.2, 0) is 15.1 Å². The summed E-state index contributed by atoms with van der Waals surface area (Å²) in [5.41, 5.74) is 0. The Hall–Kier alpha value is -0.660. The van der Waals surface area contributed by atoms with Crippen molar-refractivity contribution in [2.24, 2.45) is 0 Å². The molecule has 0 bridgehead atoms. The molecule has 1 heterocycles. The third-order valence-electron chi connectivity index (χ3n) is 1.60. The van der Waals surface area contributed by atoms with Crippen LogP contribution in [0.2, 0.25) is 0 Å². The van der Waals surface area contributed by atoms with Crippen LogP contribution in [0.4, 0.5) is 0 Å². The molecule has 0 spiro atoms. The first-order chi connectivity index (χ1) is 5.47. The van der Waals surface area contributed by atoms with Gasteiger partial charge >= 0.3 is 10.3 Å². The van der Waals surface area contributed by atoms with Gasteiger partial charge < -0.3 is 5.32 Å². The molecule has 1 saturated heterocycles. The van der Waals surface area contributed by atoms with Gasteiger partial charge in [0.15, 0.2) is 0 Å². The molecule has 0 radical (unpaired) electrons. The first kappa shape index (κ1) is 9.43.